The van der Waals surface area contributed by atoms with Crippen LogP contribution in [0.3, 0.4) is 0 Å². The number of nitro groups is 1. The molecule has 0 bridgehead atoms. The Morgan fingerprint density at radius 2 is 1.69 bits per heavy atom. The van der Waals surface area contributed by atoms with Crippen LogP contribution < -0.4 is 19.9 Å². The van der Waals surface area contributed by atoms with Crippen LogP contribution in [0, 0.1) is 17.0 Å². The molecule has 26 heavy (non-hydrogen) atoms. The lowest BCUT2D eigenvalue weighted by atomic mass is 10.1. The maximum atomic E-state index is 12.5. The summed E-state index contributed by atoms with van der Waals surface area (Å²) in [6, 6.07) is 6.47. The zero-order chi connectivity index (χ0) is 19.4. The molecule has 1 amide bonds. The van der Waals surface area contributed by atoms with E-state index in [0.717, 1.165) is 6.07 Å². The molecule has 0 unspecified atom stereocenters. The molecule has 0 radical (unpaired) electrons. The van der Waals surface area contributed by atoms with Gasteiger partial charge in [-0.05, 0) is 19.1 Å². The molecule has 0 saturated heterocycles. The molecule has 0 aliphatic heterocycles. The number of nitro benzene ring substituents is 1. The molecule has 0 saturated carbocycles. The fourth-order valence-corrected chi connectivity index (χ4v) is 2.41. The number of ether oxygens (including phenoxy) is 2. The molecule has 2 aromatic carbocycles. The van der Waals surface area contributed by atoms with Gasteiger partial charge in [-0.25, -0.2) is 0 Å². The maximum Gasteiger partial charge on any atom is 0.273 e. The number of carbonyl (C=O) groups is 2. The summed E-state index contributed by atoms with van der Waals surface area (Å²) in [4.78, 5) is 34.3. The normalized spacial score (nSPS) is 10.1. The highest BCUT2D eigenvalue weighted by molar-refractivity contribution is 6.09. The van der Waals surface area contributed by atoms with Gasteiger partial charge in [-0.3, -0.25) is 14.9 Å². The van der Waals surface area contributed by atoms with Gasteiger partial charge in [0.2, 0.25) is 0 Å². The Labute approximate surface area is 148 Å². The van der Waals surface area contributed by atoms with Crippen molar-refractivity contribution in [2.75, 3.05) is 19.5 Å². The molecule has 2 aromatic rings. The van der Waals surface area contributed by atoms with Crippen molar-refractivity contribution in [2.24, 2.45) is 0 Å². The van der Waals surface area contributed by atoms with E-state index in [4.69, 9.17) is 9.47 Å². The highest BCUT2D eigenvalue weighted by Crippen LogP contribution is 2.33. The number of carboxylic acids is 1. The molecule has 0 aliphatic carbocycles. The lowest BCUT2D eigenvalue weighted by Crippen LogP contribution is -2.25. The van der Waals surface area contributed by atoms with Crippen molar-refractivity contribution in [2.45, 2.75) is 6.92 Å². The number of methoxy groups -OCH3 is 2. The molecule has 136 valence electrons. The van der Waals surface area contributed by atoms with Crippen molar-refractivity contribution in [3.8, 4) is 11.5 Å². The lowest BCUT2D eigenvalue weighted by molar-refractivity contribution is -0.385. The molecular weight excluding hydrogens is 344 g/mol. The van der Waals surface area contributed by atoms with Gasteiger partial charge in [0.25, 0.3) is 11.6 Å². The van der Waals surface area contributed by atoms with Crippen molar-refractivity contribution in [1.82, 2.24) is 0 Å². The number of nitrogens with zero attached hydrogens (tertiary/aromatic N) is 1. The van der Waals surface area contributed by atoms with E-state index >= 15 is 0 Å². The Balaban J connectivity index is 2.48. The third-order valence-electron chi connectivity index (χ3n) is 3.74. The third-order valence-corrected chi connectivity index (χ3v) is 3.74. The van der Waals surface area contributed by atoms with Crippen molar-refractivity contribution < 1.29 is 29.1 Å². The number of aromatic carboxylic acids is 1. The van der Waals surface area contributed by atoms with Crippen LogP contribution in [-0.2, 0) is 0 Å². The summed E-state index contributed by atoms with van der Waals surface area (Å²) in [5, 5.41) is 24.8. The van der Waals surface area contributed by atoms with Gasteiger partial charge in [0.1, 0.15) is 0 Å². The number of nitrogens with one attached hydrogen (secondary N) is 1. The number of hydrogen-bond acceptors (Lipinski definition) is 7. The number of benzene rings is 2. The quantitative estimate of drug-likeness (QED) is 0.611. The summed E-state index contributed by atoms with van der Waals surface area (Å²) in [5.41, 5.74) is -0.425. The molecule has 9 heteroatoms. The Bertz CT molecular complexity index is 893. The van der Waals surface area contributed by atoms with E-state index in [9.17, 15) is 24.8 Å². The summed E-state index contributed by atoms with van der Waals surface area (Å²) in [5.74, 6) is -1.89. The first kappa shape index (κ1) is 18.7. The Kier molecular flexibility index (Phi) is 5.41. The fourth-order valence-electron chi connectivity index (χ4n) is 2.41. The van der Waals surface area contributed by atoms with E-state index < -0.39 is 16.8 Å². The van der Waals surface area contributed by atoms with Crippen LogP contribution in [0.4, 0.5) is 11.4 Å². The van der Waals surface area contributed by atoms with Crippen molar-refractivity contribution >= 4 is 23.3 Å². The average molecular weight is 359 g/mol. The summed E-state index contributed by atoms with van der Waals surface area (Å²) in [6.07, 6.45) is 0. The van der Waals surface area contributed by atoms with Gasteiger partial charge >= 0.3 is 0 Å². The fraction of sp³-hybridized carbons (Fsp3) is 0.176. The number of amides is 1. The smallest absolute Gasteiger partial charge is 0.273 e. The number of carbonyl (C=O) groups excluding carboxylic acids is 2. The number of hydrogen-bond donors (Lipinski definition) is 1. The first-order chi connectivity index (χ1) is 12.3. The van der Waals surface area contributed by atoms with Gasteiger partial charge in [-0.2, -0.15) is 0 Å². The molecule has 0 spiro atoms. The zero-order valence-corrected chi connectivity index (χ0v) is 14.2. The number of rotatable bonds is 6. The summed E-state index contributed by atoms with van der Waals surface area (Å²) >= 11 is 0. The van der Waals surface area contributed by atoms with Gasteiger partial charge in [0.15, 0.2) is 11.5 Å². The average Bonchev–Trinajstić information content (AvgIpc) is 2.60. The van der Waals surface area contributed by atoms with E-state index in [1.54, 1.807) is 0 Å². The number of anilines is 1. The predicted octanol–water partition coefficient (Wildman–Crippen LogP) is 1.54. The molecular formula is C17H15N2O7-. The Hall–Kier alpha value is -3.62. The van der Waals surface area contributed by atoms with Crippen LogP contribution in [0.5, 0.6) is 11.5 Å². The third kappa shape index (κ3) is 3.56. The van der Waals surface area contributed by atoms with E-state index in [1.165, 1.54) is 45.4 Å². The van der Waals surface area contributed by atoms with Gasteiger partial charge < -0.3 is 24.7 Å². The van der Waals surface area contributed by atoms with Gasteiger partial charge in [-0.15, -0.1) is 0 Å². The molecule has 0 fully saturated rings. The van der Waals surface area contributed by atoms with Crippen molar-refractivity contribution in [3.05, 3.63) is 57.1 Å². The topological polar surface area (TPSA) is 131 Å². The van der Waals surface area contributed by atoms with E-state index in [2.05, 4.69) is 5.32 Å². The van der Waals surface area contributed by atoms with Gasteiger partial charge in [0, 0.05) is 28.8 Å². The molecule has 0 heterocycles. The molecule has 2 rings (SSSR count). The van der Waals surface area contributed by atoms with E-state index in [-0.39, 0.29) is 39.6 Å². The van der Waals surface area contributed by atoms with Gasteiger partial charge in [0.05, 0.1) is 30.8 Å². The summed E-state index contributed by atoms with van der Waals surface area (Å²) in [6.45, 7) is 1.43. The number of carboxylic acid groups (broad SMARTS) is 1. The van der Waals surface area contributed by atoms with Crippen molar-refractivity contribution in [1.29, 1.82) is 0 Å². The van der Waals surface area contributed by atoms with E-state index in [1.807, 2.05) is 0 Å². The second kappa shape index (κ2) is 7.51. The van der Waals surface area contributed by atoms with Crippen LogP contribution in [0.1, 0.15) is 26.3 Å². The Morgan fingerprint density at radius 3 is 2.23 bits per heavy atom. The SMILES string of the molecule is COc1cc(NC(=O)c2cccc([N+](=O)[O-])c2C)c(C(=O)[O-])cc1OC. The lowest BCUT2D eigenvalue weighted by Gasteiger charge is -2.16. The minimum absolute atomic E-state index is 0.0401. The molecule has 0 aliphatic rings. The van der Waals surface area contributed by atoms with Crippen LogP contribution in [0.15, 0.2) is 30.3 Å². The molecule has 9 nitrogen and oxygen atoms in total. The monoisotopic (exact) mass is 359 g/mol. The van der Waals surface area contributed by atoms with Crippen LogP contribution >= 0.6 is 0 Å². The molecule has 1 N–H and O–H groups in total. The largest absolute Gasteiger partial charge is 0.545 e. The second-order valence-corrected chi connectivity index (χ2v) is 5.20. The first-order valence-electron chi connectivity index (χ1n) is 7.32. The van der Waals surface area contributed by atoms with Crippen molar-refractivity contribution in [3.63, 3.8) is 0 Å². The van der Waals surface area contributed by atoms with Gasteiger partial charge in [-0.1, -0.05) is 6.07 Å². The Morgan fingerprint density at radius 1 is 1.08 bits per heavy atom. The van der Waals surface area contributed by atoms with Crippen LogP contribution in [-0.4, -0.2) is 31.0 Å². The van der Waals surface area contributed by atoms with Crippen LogP contribution in [0.2, 0.25) is 0 Å². The summed E-state index contributed by atoms with van der Waals surface area (Å²) in [7, 11) is 2.69. The summed E-state index contributed by atoms with van der Waals surface area (Å²) < 4.78 is 10.1. The minimum Gasteiger partial charge on any atom is -0.545 e. The highest BCUT2D eigenvalue weighted by Gasteiger charge is 2.20. The predicted molar refractivity (Wildman–Crippen MR) is 89.7 cm³/mol. The highest BCUT2D eigenvalue weighted by atomic mass is 16.6. The standard InChI is InChI=1S/C17H16N2O7/c1-9-10(5-4-6-13(9)19(23)24)16(20)18-12-8-15(26-3)14(25-2)7-11(12)17(21)22/h4-8H,1-3H3,(H,18,20)(H,21,22)/p-1. The second-order valence-electron chi connectivity index (χ2n) is 5.20. The maximum absolute atomic E-state index is 12.5. The first-order valence-corrected chi connectivity index (χ1v) is 7.32. The van der Waals surface area contributed by atoms with E-state index in [0.29, 0.717) is 0 Å². The molecule has 0 aromatic heterocycles. The van der Waals surface area contributed by atoms with Crippen LogP contribution in [0.25, 0.3) is 0 Å². The zero-order valence-electron chi connectivity index (χ0n) is 14.2. The molecule has 0 atom stereocenters. The minimum atomic E-state index is -1.53.